The molecule has 0 bridgehead atoms. The predicted octanol–water partition coefficient (Wildman–Crippen LogP) is 4.15. The zero-order chi connectivity index (χ0) is 16.6. The molecule has 140 valence electrons. The Labute approximate surface area is 168 Å². The third-order valence-electron chi connectivity index (χ3n) is 5.06. The van der Waals surface area contributed by atoms with Gasteiger partial charge in [0.25, 0.3) is 0 Å². The number of halogens is 1. The first kappa shape index (κ1) is 20.3. The summed E-state index contributed by atoms with van der Waals surface area (Å²) in [4.78, 5) is 8.91. The summed E-state index contributed by atoms with van der Waals surface area (Å²) in [5, 5.41) is 3.39. The third kappa shape index (κ3) is 6.64. The molecule has 1 heterocycles. The van der Waals surface area contributed by atoms with Crippen molar-refractivity contribution in [3.8, 4) is 5.88 Å². The summed E-state index contributed by atoms with van der Waals surface area (Å²) < 4.78 is 6.06. The zero-order valence-corrected chi connectivity index (χ0v) is 17.3. The van der Waals surface area contributed by atoms with Crippen LogP contribution in [0, 0.1) is 0 Å². The minimum absolute atomic E-state index is 0. The van der Waals surface area contributed by atoms with Crippen molar-refractivity contribution in [2.24, 2.45) is 10.7 Å². The van der Waals surface area contributed by atoms with Gasteiger partial charge in [-0.15, -0.1) is 24.0 Å². The molecule has 2 fully saturated rings. The van der Waals surface area contributed by atoms with Gasteiger partial charge in [0.2, 0.25) is 5.88 Å². The van der Waals surface area contributed by atoms with Crippen LogP contribution in [0.5, 0.6) is 5.88 Å². The van der Waals surface area contributed by atoms with Gasteiger partial charge in [-0.3, -0.25) is 0 Å². The highest BCUT2D eigenvalue weighted by Crippen LogP contribution is 2.25. The van der Waals surface area contributed by atoms with Gasteiger partial charge in [-0.25, -0.2) is 9.98 Å². The van der Waals surface area contributed by atoms with E-state index in [1.807, 2.05) is 12.1 Å². The second-order valence-electron chi connectivity index (χ2n) is 7.03. The van der Waals surface area contributed by atoms with Crippen LogP contribution in [0.25, 0.3) is 0 Å². The van der Waals surface area contributed by atoms with Gasteiger partial charge in [-0.05, 0) is 44.6 Å². The summed E-state index contributed by atoms with van der Waals surface area (Å²) in [6.45, 7) is 0.515. The Hall–Kier alpha value is -1.05. The molecule has 0 unspecified atom stereocenters. The lowest BCUT2D eigenvalue weighted by Crippen LogP contribution is -2.39. The number of pyridine rings is 1. The molecule has 2 saturated carbocycles. The van der Waals surface area contributed by atoms with E-state index in [0.29, 0.717) is 24.7 Å². The molecule has 6 heteroatoms. The summed E-state index contributed by atoms with van der Waals surface area (Å²) in [5.41, 5.74) is 7.10. The van der Waals surface area contributed by atoms with Crippen LogP contribution in [-0.4, -0.2) is 23.1 Å². The second-order valence-corrected chi connectivity index (χ2v) is 7.03. The largest absolute Gasteiger partial charge is 0.474 e. The molecule has 3 rings (SSSR count). The van der Waals surface area contributed by atoms with Crippen molar-refractivity contribution in [3.05, 3.63) is 23.9 Å². The maximum absolute atomic E-state index is 6.09. The molecule has 0 radical (unpaired) electrons. The van der Waals surface area contributed by atoms with Crippen molar-refractivity contribution in [2.45, 2.75) is 82.9 Å². The Morgan fingerprint density at radius 3 is 2.52 bits per heavy atom. The van der Waals surface area contributed by atoms with E-state index in [4.69, 9.17) is 10.5 Å². The minimum atomic E-state index is 0. The first-order valence-electron chi connectivity index (χ1n) is 9.48. The Balaban J connectivity index is 0.00000225. The standard InChI is InChI=1S/C19H30N4O.HI/c20-19(23-16-9-3-1-2-4-10-16)22-14-15-8-7-13-21-18(15)24-17-11-5-6-12-17;/h7-8,13,16-17H,1-6,9-12,14H2,(H3,20,22,23);1H. The quantitative estimate of drug-likeness (QED) is 0.301. The molecule has 25 heavy (non-hydrogen) atoms. The average Bonchev–Trinajstić information content (AvgIpc) is 2.97. The van der Waals surface area contributed by atoms with Gasteiger partial charge >= 0.3 is 0 Å². The summed E-state index contributed by atoms with van der Waals surface area (Å²) in [7, 11) is 0. The monoisotopic (exact) mass is 458 g/mol. The van der Waals surface area contributed by atoms with Crippen LogP contribution in [0.3, 0.4) is 0 Å². The van der Waals surface area contributed by atoms with Crippen molar-refractivity contribution >= 4 is 29.9 Å². The number of hydrogen-bond acceptors (Lipinski definition) is 3. The highest BCUT2D eigenvalue weighted by atomic mass is 127. The topological polar surface area (TPSA) is 72.5 Å². The molecular weight excluding hydrogens is 427 g/mol. The Morgan fingerprint density at radius 2 is 1.80 bits per heavy atom. The van der Waals surface area contributed by atoms with E-state index in [1.54, 1.807) is 6.20 Å². The van der Waals surface area contributed by atoms with Crippen molar-refractivity contribution in [1.82, 2.24) is 10.3 Å². The van der Waals surface area contributed by atoms with Gasteiger partial charge in [0, 0.05) is 17.8 Å². The van der Waals surface area contributed by atoms with Gasteiger partial charge in [0.05, 0.1) is 6.54 Å². The van der Waals surface area contributed by atoms with Gasteiger partial charge < -0.3 is 15.8 Å². The molecule has 2 aliphatic rings. The highest BCUT2D eigenvalue weighted by Gasteiger charge is 2.18. The zero-order valence-electron chi connectivity index (χ0n) is 15.0. The fourth-order valence-electron chi connectivity index (χ4n) is 3.66. The second kappa shape index (κ2) is 10.8. The van der Waals surface area contributed by atoms with Crippen molar-refractivity contribution in [1.29, 1.82) is 0 Å². The maximum atomic E-state index is 6.09. The maximum Gasteiger partial charge on any atom is 0.218 e. The first-order chi connectivity index (χ1) is 11.8. The van der Waals surface area contributed by atoms with Crippen molar-refractivity contribution in [2.75, 3.05) is 0 Å². The molecule has 0 aliphatic heterocycles. The lowest BCUT2D eigenvalue weighted by molar-refractivity contribution is 0.199. The molecule has 1 aromatic heterocycles. The number of aromatic nitrogens is 1. The van der Waals surface area contributed by atoms with Crippen LogP contribution in [0.15, 0.2) is 23.3 Å². The molecule has 0 saturated heterocycles. The lowest BCUT2D eigenvalue weighted by Gasteiger charge is -2.17. The predicted molar refractivity (Wildman–Crippen MR) is 112 cm³/mol. The Kier molecular flexibility index (Phi) is 8.78. The van der Waals surface area contributed by atoms with E-state index < -0.39 is 0 Å². The lowest BCUT2D eigenvalue weighted by atomic mass is 10.1. The van der Waals surface area contributed by atoms with Crippen LogP contribution >= 0.6 is 24.0 Å². The van der Waals surface area contributed by atoms with Gasteiger partial charge in [0.15, 0.2) is 5.96 Å². The number of rotatable bonds is 5. The molecule has 0 amide bonds. The molecule has 2 aliphatic carbocycles. The normalized spacial score (nSPS) is 19.9. The number of aliphatic imine (C=N–C) groups is 1. The summed E-state index contributed by atoms with van der Waals surface area (Å²) in [5.74, 6) is 1.26. The van der Waals surface area contributed by atoms with E-state index in [-0.39, 0.29) is 24.0 Å². The highest BCUT2D eigenvalue weighted by molar-refractivity contribution is 14.0. The molecule has 3 N–H and O–H groups in total. The molecule has 0 spiro atoms. The number of hydrogen-bond donors (Lipinski definition) is 2. The number of nitrogens with two attached hydrogens (primary N) is 1. The first-order valence-corrected chi connectivity index (χ1v) is 9.48. The fourth-order valence-corrected chi connectivity index (χ4v) is 3.66. The Bertz CT molecular complexity index is 538. The SMILES string of the molecule is I.NC(=NCc1cccnc1OC1CCCC1)NC1CCCCCC1. The average molecular weight is 458 g/mol. The van der Waals surface area contributed by atoms with Crippen LogP contribution < -0.4 is 15.8 Å². The van der Waals surface area contributed by atoms with Gasteiger partial charge in [-0.1, -0.05) is 31.7 Å². The molecular formula is C19H31IN4O. The van der Waals surface area contributed by atoms with Crippen molar-refractivity contribution in [3.63, 3.8) is 0 Å². The molecule has 1 aromatic rings. The third-order valence-corrected chi connectivity index (χ3v) is 5.06. The number of ether oxygens (including phenoxy) is 1. The summed E-state index contributed by atoms with van der Waals surface area (Å²) in [6, 6.07) is 4.43. The number of nitrogens with one attached hydrogen (secondary N) is 1. The fraction of sp³-hybridized carbons (Fsp3) is 0.684. The van der Waals surface area contributed by atoms with E-state index in [0.717, 1.165) is 24.3 Å². The van der Waals surface area contributed by atoms with Crippen LogP contribution in [-0.2, 0) is 6.54 Å². The van der Waals surface area contributed by atoms with E-state index in [2.05, 4.69) is 15.3 Å². The summed E-state index contributed by atoms with van der Waals surface area (Å²) >= 11 is 0. The molecule has 0 aromatic carbocycles. The Morgan fingerprint density at radius 1 is 1.12 bits per heavy atom. The summed E-state index contributed by atoms with van der Waals surface area (Å²) in [6.07, 6.45) is 14.5. The number of guanidine groups is 1. The van der Waals surface area contributed by atoms with E-state index in [9.17, 15) is 0 Å². The van der Waals surface area contributed by atoms with E-state index in [1.165, 1.54) is 51.4 Å². The van der Waals surface area contributed by atoms with Crippen LogP contribution in [0.1, 0.15) is 69.8 Å². The van der Waals surface area contributed by atoms with Crippen LogP contribution in [0.2, 0.25) is 0 Å². The van der Waals surface area contributed by atoms with Gasteiger partial charge in [0.1, 0.15) is 6.10 Å². The van der Waals surface area contributed by atoms with Crippen molar-refractivity contribution < 1.29 is 4.74 Å². The molecule has 0 atom stereocenters. The smallest absolute Gasteiger partial charge is 0.218 e. The van der Waals surface area contributed by atoms with Crippen LogP contribution in [0.4, 0.5) is 0 Å². The number of nitrogens with zero attached hydrogens (tertiary/aromatic N) is 2. The minimum Gasteiger partial charge on any atom is -0.474 e. The van der Waals surface area contributed by atoms with E-state index >= 15 is 0 Å². The molecule has 5 nitrogen and oxygen atoms in total. The van der Waals surface area contributed by atoms with Gasteiger partial charge in [-0.2, -0.15) is 0 Å².